The SMILES string of the molecule is CCCn1ncnc1CC(CNC)c1ccccc1C. The van der Waals surface area contributed by atoms with E-state index in [1.165, 1.54) is 11.1 Å². The molecule has 0 aliphatic heterocycles. The number of rotatable bonds is 7. The summed E-state index contributed by atoms with van der Waals surface area (Å²) in [4.78, 5) is 4.44. The molecule has 0 radical (unpaired) electrons. The average molecular weight is 272 g/mol. The third kappa shape index (κ3) is 3.45. The normalized spacial score (nSPS) is 12.6. The predicted octanol–water partition coefficient (Wildman–Crippen LogP) is 2.54. The highest BCUT2D eigenvalue weighted by Crippen LogP contribution is 2.22. The lowest BCUT2D eigenvalue weighted by Gasteiger charge is -2.19. The second-order valence-electron chi connectivity index (χ2n) is 5.21. The van der Waals surface area contributed by atoms with Gasteiger partial charge >= 0.3 is 0 Å². The number of hydrogen-bond donors (Lipinski definition) is 1. The van der Waals surface area contributed by atoms with E-state index in [1.807, 2.05) is 11.7 Å². The average Bonchev–Trinajstić information content (AvgIpc) is 2.87. The number of benzene rings is 1. The molecule has 20 heavy (non-hydrogen) atoms. The van der Waals surface area contributed by atoms with Gasteiger partial charge in [0.05, 0.1) is 0 Å². The smallest absolute Gasteiger partial charge is 0.138 e. The molecule has 1 heterocycles. The summed E-state index contributed by atoms with van der Waals surface area (Å²) in [6, 6.07) is 8.60. The van der Waals surface area contributed by atoms with Gasteiger partial charge in [0.15, 0.2) is 0 Å². The Balaban J connectivity index is 2.21. The molecule has 0 aliphatic carbocycles. The molecule has 0 saturated heterocycles. The van der Waals surface area contributed by atoms with Crippen LogP contribution in [0.3, 0.4) is 0 Å². The van der Waals surface area contributed by atoms with Crippen LogP contribution in [-0.4, -0.2) is 28.4 Å². The van der Waals surface area contributed by atoms with Gasteiger partial charge in [0.1, 0.15) is 12.2 Å². The molecule has 1 atom stereocenters. The number of hydrogen-bond acceptors (Lipinski definition) is 3. The highest BCUT2D eigenvalue weighted by molar-refractivity contribution is 5.30. The van der Waals surface area contributed by atoms with Crippen LogP contribution in [0.25, 0.3) is 0 Å². The Labute approximate surface area is 121 Å². The Hall–Kier alpha value is -1.68. The van der Waals surface area contributed by atoms with Crippen LogP contribution in [0.2, 0.25) is 0 Å². The number of aryl methyl sites for hydroxylation is 2. The predicted molar refractivity (Wildman–Crippen MR) is 81.9 cm³/mol. The lowest BCUT2D eigenvalue weighted by atomic mass is 9.91. The van der Waals surface area contributed by atoms with Gasteiger partial charge < -0.3 is 5.32 Å². The molecule has 0 saturated carbocycles. The first-order chi connectivity index (χ1) is 9.76. The van der Waals surface area contributed by atoms with Gasteiger partial charge in [-0.3, -0.25) is 4.68 Å². The molecule has 2 aromatic rings. The lowest BCUT2D eigenvalue weighted by molar-refractivity contribution is 0.533. The number of likely N-dealkylation sites (N-methyl/N-ethyl adjacent to an activating group) is 1. The van der Waals surface area contributed by atoms with Crippen LogP contribution in [-0.2, 0) is 13.0 Å². The molecule has 1 N–H and O–H groups in total. The van der Waals surface area contributed by atoms with E-state index in [2.05, 4.69) is 53.5 Å². The zero-order valence-electron chi connectivity index (χ0n) is 12.6. The van der Waals surface area contributed by atoms with Crippen LogP contribution in [0, 0.1) is 6.92 Å². The lowest BCUT2D eigenvalue weighted by Crippen LogP contribution is -2.21. The van der Waals surface area contributed by atoms with Gasteiger partial charge in [-0.05, 0) is 31.5 Å². The van der Waals surface area contributed by atoms with Crippen molar-refractivity contribution in [1.82, 2.24) is 20.1 Å². The van der Waals surface area contributed by atoms with Crippen LogP contribution in [0.4, 0.5) is 0 Å². The molecule has 1 unspecified atom stereocenters. The number of aromatic nitrogens is 3. The molecule has 0 fully saturated rings. The van der Waals surface area contributed by atoms with E-state index < -0.39 is 0 Å². The van der Waals surface area contributed by atoms with Crippen LogP contribution >= 0.6 is 0 Å². The molecular weight excluding hydrogens is 248 g/mol. The number of nitrogens with one attached hydrogen (secondary N) is 1. The third-order valence-electron chi connectivity index (χ3n) is 3.64. The molecule has 1 aromatic carbocycles. The molecule has 108 valence electrons. The maximum Gasteiger partial charge on any atom is 0.138 e. The molecular formula is C16H24N4. The standard InChI is InChI=1S/C16H24N4/c1-4-9-20-16(18-12-19-20)10-14(11-17-3)15-8-6-5-7-13(15)2/h5-8,12,14,17H,4,9-11H2,1-3H3. The van der Waals surface area contributed by atoms with Crippen molar-refractivity contribution in [1.29, 1.82) is 0 Å². The molecule has 0 bridgehead atoms. The Morgan fingerprint density at radius 3 is 2.80 bits per heavy atom. The second kappa shape index (κ2) is 7.20. The Morgan fingerprint density at radius 1 is 1.30 bits per heavy atom. The molecule has 4 nitrogen and oxygen atoms in total. The van der Waals surface area contributed by atoms with E-state index in [0.29, 0.717) is 5.92 Å². The topological polar surface area (TPSA) is 42.7 Å². The Bertz CT molecular complexity index is 533. The van der Waals surface area contributed by atoms with Crippen LogP contribution in [0.1, 0.15) is 36.2 Å². The highest BCUT2D eigenvalue weighted by Gasteiger charge is 2.16. The quantitative estimate of drug-likeness (QED) is 0.842. The van der Waals surface area contributed by atoms with Gasteiger partial charge in [0.25, 0.3) is 0 Å². The minimum atomic E-state index is 0.431. The monoisotopic (exact) mass is 272 g/mol. The van der Waals surface area contributed by atoms with Gasteiger partial charge in [0.2, 0.25) is 0 Å². The molecule has 4 heteroatoms. The van der Waals surface area contributed by atoms with Gasteiger partial charge in [-0.25, -0.2) is 4.98 Å². The van der Waals surface area contributed by atoms with Crippen molar-refractivity contribution in [2.45, 2.75) is 39.2 Å². The zero-order valence-corrected chi connectivity index (χ0v) is 12.6. The fraction of sp³-hybridized carbons (Fsp3) is 0.500. The Morgan fingerprint density at radius 2 is 2.10 bits per heavy atom. The summed E-state index contributed by atoms with van der Waals surface area (Å²) in [5.41, 5.74) is 2.74. The van der Waals surface area contributed by atoms with E-state index in [9.17, 15) is 0 Å². The molecule has 0 amide bonds. The minimum Gasteiger partial charge on any atom is -0.319 e. The summed E-state index contributed by atoms with van der Waals surface area (Å²) in [5.74, 6) is 1.51. The van der Waals surface area contributed by atoms with Crippen molar-refractivity contribution in [3.8, 4) is 0 Å². The van der Waals surface area contributed by atoms with Crippen molar-refractivity contribution in [3.05, 3.63) is 47.5 Å². The molecule has 1 aromatic heterocycles. The molecule has 2 rings (SSSR count). The molecule has 0 aliphatic rings. The summed E-state index contributed by atoms with van der Waals surface area (Å²) in [6.45, 7) is 6.23. The van der Waals surface area contributed by atoms with E-state index in [-0.39, 0.29) is 0 Å². The van der Waals surface area contributed by atoms with Crippen molar-refractivity contribution in [2.75, 3.05) is 13.6 Å². The summed E-state index contributed by atoms with van der Waals surface area (Å²) in [7, 11) is 2.00. The van der Waals surface area contributed by atoms with Gasteiger partial charge in [-0.2, -0.15) is 5.10 Å². The Kier molecular flexibility index (Phi) is 5.30. The van der Waals surface area contributed by atoms with E-state index in [4.69, 9.17) is 0 Å². The van der Waals surface area contributed by atoms with Crippen molar-refractivity contribution in [3.63, 3.8) is 0 Å². The summed E-state index contributed by atoms with van der Waals surface area (Å²) in [5, 5.41) is 7.62. The van der Waals surface area contributed by atoms with Crippen LogP contribution < -0.4 is 5.32 Å². The van der Waals surface area contributed by atoms with Crippen LogP contribution in [0.15, 0.2) is 30.6 Å². The largest absolute Gasteiger partial charge is 0.319 e. The van der Waals surface area contributed by atoms with Gasteiger partial charge in [-0.15, -0.1) is 0 Å². The first-order valence-electron chi connectivity index (χ1n) is 7.33. The summed E-state index contributed by atoms with van der Waals surface area (Å²) in [6.07, 6.45) is 3.67. The van der Waals surface area contributed by atoms with Crippen molar-refractivity contribution in [2.24, 2.45) is 0 Å². The maximum absolute atomic E-state index is 4.44. The molecule has 0 spiro atoms. The number of nitrogens with zero attached hydrogens (tertiary/aromatic N) is 3. The van der Waals surface area contributed by atoms with Crippen molar-refractivity contribution < 1.29 is 0 Å². The van der Waals surface area contributed by atoms with E-state index in [1.54, 1.807) is 6.33 Å². The first kappa shape index (κ1) is 14.7. The van der Waals surface area contributed by atoms with E-state index >= 15 is 0 Å². The zero-order chi connectivity index (χ0) is 14.4. The van der Waals surface area contributed by atoms with Gasteiger partial charge in [0, 0.05) is 25.4 Å². The fourth-order valence-electron chi connectivity index (χ4n) is 2.65. The fourth-order valence-corrected chi connectivity index (χ4v) is 2.65. The third-order valence-corrected chi connectivity index (χ3v) is 3.64. The minimum absolute atomic E-state index is 0.431. The first-order valence-corrected chi connectivity index (χ1v) is 7.33. The summed E-state index contributed by atoms with van der Waals surface area (Å²) >= 11 is 0. The van der Waals surface area contributed by atoms with Crippen molar-refractivity contribution >= 4 is 0 Å². The maximum atomic E-state index is 4.44. The van der Waals surface area contributed by atoms with Crippen LogP contribution in [0.5, 0.6) is 0 Å². The van der Waals surface area contributed by atoms with E-state index in [0.717, 1.165) is 31.8 Å². The summed E-state index contributed by atoms with van der Waals surface area (Å²) < 4.78 is 2.03. The highest BCUT2D eigenvalue weighted by atomic mass is 15.3. The van der Waals surface area contributed by atoms with Gasteiger partial charge in [-0.1, -0.05) is 31.2 Å². The second-order valence-corrected chi connectivity index (χ2v) is 5.21.